The van der Waals surface area contributed by atoms with Crippen LogP contribution in [0.4, 0.5) is 11.4 Å². The van der Waals surface area contributed by atoms with Gasteiger partial charge in [-0.15, -0.1) is 0 Å². The normalized spacial score (nSPS) is 11.8. The van der Waals surface area contributed by atoms with Crippen molar-refractivity contribution < 1.29 is 14.8 Å². The number of non-ortho nitro benzene ring substituents is 1. The monoisotopic (exact) mass is 224 g/mol. The largest absolute Gasteiger partial charge is 0.481 e. The molecule has 1 rings (SSSR count). The second kappa shape index (κ2) is 5.11. The smallest absolute Gasteiger partial charge is 0.308 e. The molecular weight excluding hydrogens is 212 g/mol. The van der Waals surface area contributed by atoms with Crippen molar-refractivity contribution in [2.75, 3.05) is 11.9 Å². The van der Waals surface area contributed by atoms with Gasteiger partial charge in [0.05, 0.1) is 10.8 Å². The zero-order chi connectivity index (χ0) is 12.1. The average molecular weight is 224 g/mol. The van der Waals surface area contributed by atoms with Crippen LogP contribution in [0.1, 0.15) is 6.92 Å². The lowest BCUT2D eigenvalue weighted by Gasteiger charge is -2.09. The van der Waals surface area contributed by atoms with Gasteiger partial charge >= 0.3 is 5.97 Å². The van der Waals surface area contributed by atoms with Gasteiger partial charge in [0.1, 0.15) is 0 Å². The van der Waals surface area contributed by atoms with Crippen LogP contribution in [0.25, 0.3) is 0 Å². The molecule has 1 atom stereocenters. The third kappa shape index (κ3) is 3.23. The molecule has 0 aliphatic heterocycles. The lowest BCUT2D eigenvalue weighted by molar-refractivity contribution is -0.384. The molecule has 0 saturated carbocycles. The first-order valence-electron chi connectivity index (χ1n) is 4.72. The molecule has 0 aliphatic carbocycles. The zero-order valence-corrected chi connectivity index (χ0v) is 8.71. The van der Waals surface area contributed by atoms with Gasteiger partial charge in [-0.3, -0.25) is 14.9 Å². The third-order valence-corrected chi connectivity index (χ3v) is 2.09. The van der Waals surface area contributed by atoms with Crippen LogP contribution in [-0.2, 0) is 4.79 Å². The van der Waals surface area contributed by atoms with E-state index < -0.39 is 16.8 Å². The van der Waals surface area contributed by atoms with Gasteiger partial charge < -0.3 is 10.4 Å². The molecule has 1 unspecified atom stereocenters. The molecule has 0 aromatic heterocycles. The van der Waals surface area contributed by atoms with Crippen molar-refractivity contribution in [1.29, 1.82) is 0 Å². The van der Waals surface area contributed by atoms with E-state index in [-0.39, 0.29) is 12.2 Å². The van der Waals surface area contributed by atoms with Gasteiger partial charge in [0.15, 0.2) is 0 Å². The summed E-state index contributed by atoms with van der Waals surface area (Å²) in [6.45, 7) is 1.79. The highest BCUT2D eigenvalue weighted by Crippen LogP contribution is 2.17. The Kier molecular flexibility index (Phi) is 3.82. The summed E-state index contributed by atoms with van der Waals surface area (Å²) in [6, 6.07) is 5.95. The fourth-order valence-electron chi connectivity index (χ4n) is 1.09. The second-order valence-electron chi connectivity index (χ2n) is 3.43. The Morgan fingerprint density at radius 1 is 1.62 bits per heavy atom. The number of rotatable bonds is 5. The first kappa shape index (κ1) is 12.0. The van der Waals surface area contributed by atoms with Gasteiger partial charge in [0.2, 0.25) is 0 Å². The molecular formula is C10H12N2O4. The standard InChI is InChI=1S/C10H12N2O4/c1-7(10(13)14)6-11-8-3-2-4-9(5-8)12(15)16/h2-5,7,11H,6H2,1H3,(H,13,14). The fraction of sp³-hybridized carbons (Fsp3) is 0.300. The molecule has 1 aromatic rings. The molecule has 0 spiro atoms. The molecule has 1 aromatic carbocycles. The maximum absolute atomic E-state index is 10.5. The highest BCUT2D eigenvalue weighted by molar-refractivity contribution is 5.70. The van der Waals surface area contributed by atoms with Crippen molar-refractivity contribution in [3.8, 4) is 0 Å². The van der Waals surface area contributed by atoms with Crippen molar-refractivity contribution in [3.05, 3.63) is 34.4 Å². The summed E-state index contributed by atoms with van der Waals surface area (Å²) >= 11 is 0. The summed E-state index contributed by atoms with van der Waals surface area (Å²) < 4.78 is 0. The molecule has 2 N–H and O–H groups in total. The number of nitrogens with zero attached hydrogens (tertiary/aromatic N) is 1. The minimum atomic E-state index is -0.905. The van der Waals surface area contributed by atoms with Gasteiger partial charge in [0.25, 0.3) is 5.69 Å². The highest BCUT2D eigenvalue weighted by atomic mass is 16.6. The molecule has 16 heavy (non-hydrogen) atoms. The Hall–Kier alpha value is -2.11. The van der Waals surface area contributed by atoms with Crippen molar-refractivity contribution >= 4 is 17.3 Å². The van der Waals surface area contributed by atoms with Crippen LogP contribution < -0.4 is 5.32 Å². The highest BCUT2D eigenvalue weighted by Gasteiger charge is 2.11. The van der Waals surface area contributed by atoms with Crippen molar-refractivity contribution in [3.63, 3.8) is 0 Å². The predicted octanol–water partition coefficient (Wildman–Crippen LogP) is 1.73. The molecule has 86 valence electrons. The van der Waals surface area contributed by atoms with Crippen molar-refractivity contribution in [1.82, 2.24) is 0 Å². The molecule has 0 amide bonds. The minimum absolute atomic E-state index is 0.0204. The van der Waals surface area contributed by atoms with Crippen LogP contribution in [0.15, 0.2) is 24.3 Å². The van der Waals surface area contributed by atoms with E-state index in [9.17, 15) is 14.9 Å². The number of aliphatic carboxylic acids is 1. The lowest BCUT2D eigenvalue weighted by Crippen LogP contribution is -2.19. The maximum atomic E-state index is 10.5. The Bertz CT molecular complexity index is 406. The minimum Gasteiger partial charge on any atom is -0.481 e. The van der Waals surface area contributed by atoms with E-state index in [1.807, 2.05) is 0 Å². The van der Waals surface area contributed by atoms with Gasteiger partial charge in [-0.25, -0.2) is 0 Å². The fourth-order valence-corrected chi connectivity index (χ4v) is 1.09. The van der Waals surface area contributed by atoms with Crippen molar-refractivity contribution in [2.45, 2.75) is 6.92 Å². The van der Waals surface area contributed by atoms with Crippen LogP contribution >= 0.6 is 0 Å². The molecule has 0 saturated heterocycles. The molecule has 6 heteroatoms. The van der Waals surface area contributed by atoms with Crippen LogP contribution in [0.2, 0.25) is 0 Å². The number of benzene rings is 1. The topological polar surface area (TPSA) is 92.5 Å². The Labute approximate surface area is 92.0 Å². The van der Waals surface area contributed by atoms with Gasteiger partial charge in [0, 0.05) is 24.4 Å². The summed E-state index contributed by atoms with van der Waals surface area (Å²) in [7, 11) is 0. The number of nitrogens with one attached hydrogen (secondary N) is 1. The summed E-state index contributed by atoms with van der Waals surface area (Å²) in [6.07, 6.45) is 0. The SMILES string of the molecule is CC(CNc1cccc([N+](=O)[O-])c1)C(=O)O. The maximum Gasteiger partial charge on any atom is 0.308 e. The second-order valence-corrected chi connectivity index (χ2v) is 3.43. The van der Waals surface area contributed by atoms with Crippen LogP contribution in [0.3, 0.4) is 0 Å². The van der Waals surface area contributed by atoms with E-state index in [4.69, 9.17) is 5.11 Å². The molecule has 6 nitrogen and oxygen atoms in total. The Morgan fingerprint density at radius 2 is 2.31 bits per heavy atom. The third-order valence-electron chi connectivity index (χ3n) is 2.09. The summed E-state index contributed by atoms with van der Waals surface area (Å²) in [4.78, 5) is 20.5. The number of carboxylic acids is 1. The number of hydrogen-bond acceptors (Lipinski definition) is 4. The van der Waals surface area contributed by atoms with E-state index in [0.29, 0.717) is 5.69 Å². The van der Waals surface area contributed by atoms with Gasteiger partial charge in [-0.05, 0) is 6.07 Å². The van der Waals surface area contributed by atoms with E-state index >= 15 is 0 Å². The Balaban J connectivity index is 2.64. The number of carbonyl (C=O) groups is 1. The quantitative estimate of drug-likeness (QED) is 0.586. The number of anilines is 1. The molecule has 0 heterocycles. The molecule has 0 fully saturated rings. The summed E-state index contributed by atoms with van der Waals surface area (Å²) in [5.41, 5.74) is 0.523. The predicted molar refractivity (Wildman–Crippen MR) is 58.4 cm³/mol. The Morgan fingerprint density at radius 3 is 2.88 bits per heavy atom. The van der Waals surface area contributed by atoms with E-state index in [1.165, 1.54) is 12.1 Å². The number of carboxylic acid groups (broad SMARTS) is 1. The average Bonchev–Trinajstić information content (AvgIpc) is 2.26. The zero-order valence-electron chi connectivity index (χ0n) is 8.71. The van der Waals surface area contributed by atoms with Crippen molar-refractivity contribution in [2.24, 2.45) is 5.92 Å². The van der Waals surface area contributed by atoms with Crippen LogP contribution in [0.5, 0.6) is 0 Å². The molecule has 0 aliphatic rings. The number of nitro benzene ring substituents is 1. The summed E-state index contributed by atoms with van der Waals surface area (Å²) in [5.74, 6) is -1.45. The number of hydrogen-bond donors (Lipinski definition) is 2. The van der Waals surface area contributed by atoms with E-state index in [1.54, 1.807) is 19.1 Å². The first-order chi connectivity index (χ1) is 7.50. The molecule has 0 bridgehead atoms. The molecule has 0 radical (unpaired) electrons. The van der Waals surface area contributed by atoms with Crippen LogP contribution in [0, 0.1) is 16.0 Å². The number of nitro groups is 1. The van der Waals surface area contributed by atoms with E-state index in [0.717, 1.165) is 0 Å². The van der Waals surface area contributed by atoms with Gasteiger partial charge in [-0.1, -0.05) is 13.0 Å². The van der Waals surface area contributed by atoms with Gasteiger partial charge in [-0.2, -0.15) is 0 Å². The first-order valence-corrected chi connectivity index (χ1v) is 4.72. The lowest BCUT2D eigenvalue weighted by atomic mass is 10.2. The van der Waals surface area contributed by atoms with Crippen LogP contribution in [-0.4, -0.2) is 22.5 Å². The van der Waals surface area contributed by atoms with E-state index in [2.05, 4.69) is 5.32 Å². The summed E-state index contributed by atoms with van der Waals surface area (Å²) in [5, 5.41) is 22.0.